The molecule has 0 aliphatic rings. The molecule has 0 aromatic carbocycles. The van der Waals surface area contributed by atoms with Crippen molar-refractivity contribution in [3.05, 3.63) is 23.5 Å². The molecule has 0 saturated heterocycles. The number of hydrogen-bond acceptors (Lipinski definition) is 1. The third-order valence-electron chi connectivity index (χ3n) is 2.57. The van der Waals surface area contributed by atoms with Crippen molar-refractivity contribution in [2.24, 2.45) is 0 Å². The van der Waals surface area contributed by atoms with Crippen LogP contribution in [0.15, 0.2) is 12.1 Å². The first-order chi connectivity index (χ1) is 6.15. The molecule has 0 spiro atoms. The molecule has 0 aliphatic carbocycles. The minimum Gasteiger partial charge on any atom is -0.393 e. The molecule has 1 unspecified atom stereocenters. The zero-order valence-electron chi connectivity index (χ0n) is 8.75. The van der Waals surface area contributed by atoms with Gasteiger partial charge in [-0.05, 0) is 38.8 Å². The normalized spacial score (nSPS) is 13.2. The monoisotopic (exact) mass is 181 g/mol. The highest BCUT2D eigenvalue weighted by atomic mass is 16.3. The van der Waals surface area contributed by atoms with E-state index in [1.54, 1.807) is 0 Å². The Morgan fingerprint density at radius 3 is 2.31 bits per heavy atom. The Kier molecular flexibility index (Phi) is 3.55. The Labute approximate surface area is 80.2 Å². The van der Waals surface area contributed by atoms with Gasteiger partial charge in [0.05, 0.1) is 6.10 Å². The van der Waals surface area contributed by atoms with Crippen LogP contribution in [0, 0.1) is 13.8 Å². The first-order valence-electron chi connectivity index (χ1n) is 4.96. The van der Waals surface area contributed by atoms with E-state index in [-0.39, 0.29) is 6.10 Å². The van der Waals surface area contributed by atoms with Gasteiger partial charge in [-0.1, -0.05) is 6.92 Å². The summed E-state index contributed by atoms with van der Waals surface area (Å²) in [6.07, 6.45) is 1.55. The quantitative estimate of drug-likeness (QED) is 0.757. The summed E-state index contributed by atoms with van der Waals surface area (Å²) < 4.78 is 2.25. The van der Waals surface area contributed by atoms with Crippen molar-refractivity contribution >= 4 is 0 Å². The van der Waals surface area contributed by atoms with Gasteiger partial charge < -0.3 is 9.67 Å². The van der Waals surface area contributed by atoms with Gasteiger partial charge in [0, 0.05) is 17.9 Å². The minimum absolute atomic E-state index is 0.152. The van der Waals surface area contributed by atoms with Gasteiger partial charge in [-0.2, -0.15) is 0 Å². The summed E-state index contributed by atoms with van der Waals surface area (Å²) in [5.41, 5.74) is 2.56. The van der Waals surface area contributed by atoms with Crippen molar-refractivity contribution < 1.29 is 5.11 Å². The fourth-order valence-corrected chi connectivity index (χ4v) is 1.53. The lowest BCUT2D eigenvalue weighted by Gasteiger charge is -2.11. The van der Waals surface area contributed by atoms with Crippen molar-refractivity contribution in [2.75, 3.05) is 0 Å². The highest BCUT2D eigenvalue weighted by Gasteiger charge is 2.04. The Hall–Kier alpha value is -0.760. The molecule has 74 valence electrons. The Morgan fingerprint density at radius 2 is 1.85 bits per heavy atom. The summed E-state index contributed by atoms with van der Waals surface area (Å²) in [6, 6.07) is 4.24. The van der Waals surface area contributed by atoms with E-state index in [0.29, 0.717) is 0 Å². The molecule has 0 aliphatic heterocycles. The van der Waals surface area contributed by atoms with E-state index in [0.717, 1.165) is 19.4 Å². The lowest BCUT2D eigenvalue weighted by Crippen LogP contribution is -2.11. The zero-order chi connectivity index (χ0) is 9.84. The van der Waals surface area contributed by atoms with Crippen molar-refractivity contribution in [1.82, 2.24) is 4.57 Å². The molecule has 1 atom stereocenters. The number of aliphatic hydroxyl groups excluding tert-OH is 1. The average Bonchev–Trinajstić information content (AvgIpc) is 2.43. The van der Waals surface area contributed by atoms with Crippen LogP contribution in [-0.4, -0.2) is 15.8 Å². The van der Waals surface area contributed by atoms with Gasteiger partial charge in [-0.25, -0.2) is 0 Å². The molecule has 1 heterocycles. The lowest BCUT2D eigenvalue weighted by atomic mass is 10.2. The Bertz CT molecular complexity index is 246. The van der Waals surface area contributed by atoms with Gasteiger partial charge in [-0.15, -0.1) is 0 Å². The van der Waals surface area contributed by atoms with Gasteiger partial charge in [-0.3, -0.25) is 0 Å². The Balaban J connectivity index is 2.53. The number of hydrogen-bond donors (Lipinski definition) is 1. The first kappa shape index (κ1) is 10.3. The largest absolute Gasteiger partial charge is 0.393 e. The molecule has 1 aromatic heterocycles. The van der Waals surface area contributed by atoms with Crippen LogP contribution < -0.4 is 0 Å². The number of rotatable bonds is 4. The van der Waals surface area contributed by atoms with Crippen molar-refractivity contribution in [3.63, 3.8) is 0 Å². The van der Waals surface area contributed by atoms with Crippen LogP contribution in [0.4, 0.5) is 0 Å². The summed E-state index contributed by atoms with van der Waals surface area (Å²) in [6.45, 7) is 7.15. The first-order valence-corrected chi connectivity index (χ1v) is 4.96. The van der Waals surface area contributed by atoms with Gasteiger partial charge in [0.2, 0.25) is 0 Å². The topological polar surface area (TPSA) is 25.2 Å². The summed E-state index contributed by atoms with van der Waals surface area (Å²) in [5.74, 6) is 0. The maximum absolute atomic E-state index is 9.43. The molecule has 1 N–H and O–H groups in total. The van der Waals surface area contributed by atoms with Crippen LogP contribution in [0.1, 0.15) is 31.2 Å². The fourth-order valence-electron chi connectivity index (χ4n) is 1.53. The van der Waals surface area contributed by atoms with Crippen LogP contribution in [-0.2, 0) is 6.54 Å². The third-order valence-corrected chi connectivity index (χ3v) is 2.57. The van der Waals surface area contributed by atoms with E-state index in [9.17, 15) is 5.11 Å². The SMILES string of the molecule is CCC(O)CCn1c(C)ccc1C. The molecule has 0 bridgehead atoms. The van der Waals surface area contributed by atoms with Gasteiger partial charge in [0.25, 0.3) is 0 Å². The van der Waals surface area contributed by atoms with Gasteiger partial charge in [0.15, 0.2) is 0 Å². The Morgan fingerprint density at radius 1 is 1.31 bits per heavy atom. The minimum atomic E-state index is -0.152. The number of aromatic nitrogens is 1. The molecule has 0 fully saturated rings. The number of aryl methyl sites for hydroxylation is 2. The van der Waals surface area contributed by atoms with Crippen LogP contribution in [0.5, 0.6) is 0 Å². The molecule has 0 radical (unpaired) electrons. The number of aliphatic hydroxyl groups is 1. The van der Waals surface area contributed by atoms with E-state index in [1.165, 1.54) is 11.4 Å². The second-order valence-corrected chi connectivity index (χ2v) is 3.62. The maximum atomic E-state index is 9.43. The second-order valence-electron chi connectivity index (χ2n) is 3.62. The van der Waals surface area contributed by atoms with E-state index < -0.39 is 0 Å². The molecular formula is C11H19NO. The summed E-state index contributed by atoms with van der Waals surface area (Å²) in [7, 11) is 0. The smallest absolute Gasteiger partial charge is 0.0554 e. The predicted molar refractivity (Wildman–Crippen MR) is 54.8 cm³/mol. The second kappa shape index (κ2) is 4.47. The molecule has 0 saturated carbocycles. The van der Waals surface area contributed by atoms with E-state index in [2.05, 4.69) is 30.5 Å². The molecule has 1 rings (SSSR count). The van der Waals surface area contributed by atoms with Crippen molar-refractivity contribution in [1.29, 1.82) is 0 Å². The van der Waals surface area contributed by atoms with Crippen LogP contribution in [0.2, 0.25) is 0 Å². The van der Waals surface area contributed by atoms with E-state index >= 15 is 0 Å². The molecule has 2 nitrogen and oxygen atoms in total. The molecule has 1 aromatic rings. The van der Waals surface area contributed by atoms with Crippen LogP contribution in [0.3, 0.4) is 0 Å². The summed E-state index contributed by atoms with van der Waals surface area (Å²) >= 11 is 0. The van der Waals surface area contributed by atoms with Crippen LogP contribution >= 0.6 is 0 Å². The van der Waals surface area contributed by atoms with E-state index in [1.807, 2.05) is 6.92 Å². The third kappa shape index (κ3) is 2.59. The molecular weight excluding hydrogens is 162 g/mol. The maximum Gasteiger partial charge on any atom is 0.0554 e. The summed E-state index contributed by atoms with van der Waals surface area (Å²) in [5, 5.41) is 9.43. The average molecular weight is 181 g/mol. The lowest BCUT2D eigenvalue weighted by molar-refractivity contribution is 0.154. The highest BCUT2D eigenvalue weighted by Crippen LogP contribution is 2.09. The van der Waals surface area contributed by atoms with Gasteiger partial charge >= 0.3 is 0 Å². The molecule has 13 heavy (non-hydrogen) atoms. The van der Waals surface area contributed by atoms with Gasteiger partial charge in [0.1, 0.15) is 0 Å². The van der Waals surface area contributed by atoms with Crippen molar-refractivity contribution in [3.8, 4) is 0 Å². The zero-order valence-corrected chi connectivity index (χ0v) is 8.75. The number of nitrogens with zero attached hydrogens (tertiary/aromatic N) is 1. The van der Waals surface area contributed by atoms with E-state index in [4.69, 9.17) is 0 Å². The van der Waals surface area contributed by atoms with Crippen molar-refractivity contribution in [2.45, 2.75) is 46.3 Å². The standard InChI is InChI=1S/C11H19NO/c1-4-11(13)7-8-12-9(2)5-6-10(12)3/h5-6,11,13H,4,7-8H2,1-3H3. The predicted octanol–water partition coefficient (Wildman–Crippen LogP) is 2.27. The highest BCUT2D eigenvalue weighted by molar-refractivity contribution is 5.13. The molecule has 2 heteroatoms. The molecule has 0 amide bonds. The van der Waals surface area contributed by atoms with Crippen LogP contribution in [0.25, 0.3) is 0 Å². The fraction of sp³-hybridized carbons (Fsp3) is 0.636. The summed E-state index contributed by atoms with van der Waals surface area (Å²) in [4.78, 5) is 0.